The maximum atomic E-state index is 12.2. The van der Waals surface area contributed by atoms with Crippen molar-refractivity contribution in [2.45, 2.75) is 38.6 Å². The summed E-state index contributed by atoms with van der Waals surface area (Å²) in [4.78, 5) is 16.9. The number of rotatable bonds is 4. The minimum Gasteiger partial charge on any atom is -0.342 e. The molecule has 0 spiro atoms. The maximum absolute atomic E-state index is 12.2. The smallest absolute Gasteiger partial charge is 0.226 e. The SMILES string of the molecule is CNCC(C)C(=O)N1CCC(N2CCCC2)CC1. The van der Waals surface area contributed by atoms with E-state index in [1.54, 1.807) is 0 Å². The zero-order chi connectivity index (χ0) is 13.0. The Bertz CT molecular complexity index is 268. The van der Waals surface area contributed by atoms with E-state index in [9.17, 15) is 4.79 Å². The van der Waals surface area contributed by atoms with Crippen molar-refractivity contribution in [2.24, 2.45) is 5.92 Å². The highest BCUT2D eigenvalue weighted by molar-refractivity contribution is 5.78. The first-order valence-electron chi connectivity index (χ1n) is 7.40. The van der Waals surface area contributed by atoms with E-state index in [1.807, 2.05) is 14.0 Å². The number of nitrogens with one attached hydrogen (secondary N) is 1. The summed E-state index contributed by atoms with van der Waals surface area (Å²) in [5, 5.41) is 3.09. The van der Waals surface area contributed by atoms with E-state index in [0.717, 1.165) is 38.5 Å². The molecule has 4 nitrogen and oxygen atoms in total. The minimum atomic E-state index is 0.110. The highest BCUT2D eigenvalue weighted by atomic mass is 16.2. The van der Waals surface area contributed by atoms with E-state index in [0.29, 0.717) is 5.91 Å². The molecule has 0 radical (unpaired) electrons. The second kappa shape index (κ2) is 6.53. The van der Waals surface area contributed by atoms with Crippen molar-refractivity contribution in [3.05, 3.63) is 0 Å². The molecule has 0 aliphatic carbocycles. The average Bonchev–Trinajstić information content (AvgIpc) is 2.92. The van der Waals surface area contributed by atoms with Gasteiger partial charge < -0.3 is 15.1 Å². The van der Waals surface area contributed by atoms with Crippen LogP contribution >= 0.6 is 0 Å². The number of hydrogen-bond donors (Lipinski definition) is 1. The number of carbonyl (C=O) groups excluding carboxylic acids is 1. The van der Waals surface area contributed by atoms with Crippen molar-refractivity contribution in [3.63, 3.8) is 0 Å². The normalized spacial score (nSPS) is 24.4. The van der Waals surface area contributed by atoms with Gasteiger partial charge in [0.15, 0.2) is 0 Å². The molecule has 1 amide bonds. The number of nitrogens with zero attached hydrogens (tertiary/aromatic N) is 2. The Morgan fingerprint density at radius 2 is 1.83 bits per heavy atom. The van der Waals surface area contributed by atoms with Crippen LogP contribution in [0.5, 0.6) is 0 Å². The average molecular weight is 253 g/mol. The van der Waals surface area contributed by atoms with Crippen molar-refractivity contribution in [2.75, 3.05) is 39.8 Å². The van der Waals surface area contributed by atoms with Gasteiger partial charge in [-0.05, 0) is 45.8 Å². The van der Waals surface area contributed by atoms with E-state index in [-0.39, 0.29) is 5.92 Å². The van der Waals surface area contributed by atoms with Gasteiger partial charge in [0.1, 0.15) is 0 Å². The van der Waals surface area contributed by atoms with Gasteiger partial charge in [0.2, 0.25) is 5.91 Å². The number of carbonyl (C=O) groups is 1. The first kappa shape index (κ1) is 13.8. The summed E-state index contributed by atoms with van der Waals surface area (Å²) < 4.78 is 0. The lowest BCUT2D eigenvalue weighted by Gasteiger charge is -2.37. The fraction of sp³-hybridized carbons (Fsp3) is 0.929. The third kappa shape index (κ3) is 3.23. The fourth-order valence-corrected chi connectivity index (χ4v) is 3.26. The molecule has 1 unspecified atom stereocenters. The summed E-state index contributed by atoms with van der Waals surface area (Å²) in [5.41, 5.74) is 0. The van der Waals surface area contributed by atoms with Gasteiger partial charge in [0, 0.05) is 31.6 Å². The summed E-state index contributed by atoms with van der Waals surface area (Å²) in [6.45, 7) is 7.25. The monoisotopic (exact) mass is 253 g/mol. The fourth-order valence-electron chi connectivity index (χ4n) is 3.26. The largest absolute Gasteiger partial charge is 0.342 e. The van der Waals surface area contributed by atoms with Crippen LogP contribution in [0.25, 0.3) is 0 Å². The van der Waals surface area contributed by atoms with Crippen molar-refractivity contribution >= 4 is 5.91 Å². The van der Waals surface area contributed by atoms with Gasteiger partial charge in [-0.15, -0.1) is 0 Å². The highest BCUT2D eigenvalue weighted by Gasteiger charge is 2.29. The summed E-state index contributed by atoms with van der Waals surface area (Å²) >= 11 is 0. The number of likely N-dealkylation sites (tertiary alicyclic amines) is 2. The Hall–Kier alpha value is -0.610. The lowest BCUT2D eigenvalue weighted by molar-refractivity contribution is -0.136. The molecule has 4 heteroatoms. The van der Waals surface area contributed by atoms with Gasteiger partial charge in [-0.1, -0.05) is 6.92 Å². The van der Waals surface area contributed by atoms with Crippen LogP contribution in [-0.2, 0) is 4.79 Å². The van der Waals surface area contributed by atoms with Crippen LogP contribution in [0.2, 0.25) is 0 Å². The summed E-state index contributed by atoms with van der Waals surface area (Å²) in [7, 11) is 1.91. The molecule has 1 N–H and O–H groups in total. The predicted molar refractivity (Wildman–Crippen MR) is 73.5 cm³/mol. The van der Waals surface area contributed by atoms with Gasteiger partial charge >= 0.3 is 0 Å². The van der Waals surface area contributed by atoms with Gasteiger partial charge in [-0.3, -0.25) is 4.79 Å². The molecule has 0 aromatic heterocycles. The molecule has 2 heterocycles. The molecule has 2 saturated heterocycles. The number of piperidine rings is 1. The van der Waals surface area contributed by atoms with E-state index >= 15 is 0 Å². The molecule has 0 aromatic carbocycles. The van der Waals surface area contributed by atoms with Gasteiger partial charge in [-0.25, -0.2) is 0 Å². The number of hydrogen-bond acceptors (Lipinski definition) is 3. The molecule has 0 aromatic rings. The lowest BCUT2D eigenvalue weighted by Crippen LogP contribution is -2.48. The Kier molecular flexibility index (Phi) is 5.01. The molecule has 2 fully saturated rings. The zero-order valence-electron chi connectivity index (χ0n) is 11.8. The third-order valence-corrected chi connectivity index (χ3v) is 4.37. The summed E-state index contributed by atoms with van der Waals surface area (Å²) in [5.74, 6) is 0.433. The summed E-state index contributed by atoms with van der Waals surface area (Å²) in [6.07, 6.45) is 5.05. The van der Waals surface area contributed by atoms with Crippen LogP contribution in [0.1, 0.15) is 32.6 Å². The number of amides is 1. The lowest BCUT2D eigenvalue weighted by atomic mass is 10.0. The first-order valence-corrected chi connectivity index (χ1v) is 7.40. The Labute approximate surface area is 111 Å². The topological polar surface area (TPSA) is 35.6 Å². The Morgan fingerprint density at radius 3 is 2.39 bits per heavy atom. The molecular formula is C14H27N3O. The van der Waals surface area contributed by atoms with E-state index in [1.165, 1.54) is 25.9 Å². The zero-order valence-corrected chi connectivity index (χ0v) is 11.8. The molecule has 2 aliphatic heterocycles. The highest BCUT2D eigenvalue weighted by Crippen LogP contribution is 2.21. The Balaban J connectivity index is 1.77. The van der Waals surface area contributed by atoms with Crippen LogP contribution < -0.4 is 5.32 Å². The van der Waals surface area contributed by atoms with E-state index in [2.05, 4.69) is 15.1 Å². The molecule has 1 atom stereocenters. The maximum Gasteiger partial charge on any atom is 0.226 e. The van der Waals surface area contributed by atoms with Crippen LogP contribution in [0.3, 0.4) is 0 Å². The van der Waals surface area contributed by atoms with E-state index < -0.39 is 0 Å². The summed E-state index contributed by atoms with van der Waals surface area (Å²) in [6, 6.07) is 0.733. The van der Waals surface area contributed by atoms with Crippen molar-refractivity contribution < 1.29 is 4.79 Å². The van der Waals surface area contributed by atoms with Crippen LogP contribution in [0.15, 0.2) is 0 Å². The van der Waals surface area contributed by atoms with Crippen molar-refractivity contribution in [1.29, 1.82) is 0 Å². The van der Waals surface area contributed by atoms with Crippen molar-refractivity contribution in [1.82, 2.24) is 15.1 Å². The van der Waals surface area contributed by atoms with Gasteiger partial charge in [0.25, 0.3) is 0 Å². The predicted octanol–water partition coefficient (Wildman–Crippen LogP) is 0.929. The molecule has 104 valence electrons. The van der Waals surface area contributed by atoms with E-state index in [4.69, 9.17) is 0 Å². The first-order chi connectivity index (χ1) is 8.72. The second-order valence-electron chi connectivity index (χ2n) is 5.76. The van der Waals surface area contributed by atoms with Crippen LogP contribution in [0.4, 0.5) is 0 Å². The molecule has 18 heavy (non-hydrogen) atoms. The van der Waals surface area contributed by atoms with Crippen LogP contribution in [0, 0.1) is 5.92 Å². The van der Waals surface area contributed by atoms with Crippen molar-refractivity contribution in [3.8, 4) is 0 Å². The molecule has 0 bridgehead atoms. The Morgan fingerprint density at radius 1 is 1.22 bits per heavy atom. The molecule has 2 rings (SSSR count). The van der Waals surface area contributed by atoms with Gasteiger partial charge in [-0.2, -0.15) is 0 Å². The molecular weight excluding hydrogens is 226 g/mol. The van der Waals surface area contributed by atoms with Gasteiger partial charge in [0.05, 0.1) is 0 Å². The third-order valence-electron chi connectivity index (χ3n) is 4.37. The quantitative estimate of drug-likeness (QED) is 0.809. The van der Waals surface area contributed by atoms with Crippen LogP contribution in [-0.4, -0.2) is 61.5 Å². The molecule has 2 aliphatic rings. The standard InChI is InChI=1S/C14H27N3O/c1-12(11-15-2)14(18)17-9-5-13(6-10-17)16-7-3-4-8-16/h12-13,15H,3-11H2,1-2H3. The second-order valence-corrected chi connectivity index (χ2v) is 5.76. The minimum absolute atomic E-state index is 0.110. The molecule has 0 saturated carbocycles.